The molecule has 0 aliphatic carbocycles. The van der Waals surface area contributed by atoms with Crippen molar-refractivity contribution in [2.45, 2.75) is 6.04 Å². The van der Waals surface area contributed by atoms with Crippen molar-refractivity contribution in [1.82, 2.24) is 5.32 Å². The van der Waals surface area contributed by atoms with Crippen LogP contribution in [0.4, 0.5) is 4.39 Å². The SMILES string of the molecule is CNC(c1ccc(F)c(Br)c1)c1cccc(Br)c1Cl. The standard InChI is InChI=1S/C14H11Br2ClFN/c1-19-14(8-5-6-12(18)11(16)7-8)9-3-2-4-10(15)13(9)17/h2-7,14,19H,1H3. The quantitative estimate of drug-likeness (QED) is 0.727. The molecule has 5 heteroatoms. The number of benzene rings is 2. The summed E-state index contributed by atoms with van der Waals surface area (Å²) in [5.41, 5.74) is 1.88. The molecule has 0 spiro atoms. The second kappa shape index (κ2) is 6.35. The Kier molecular flexibility index (Phi) is 5.01. The molecule has 0 radical (unpaired) electrons. The lowest BCUT2D eigenvalue weighted by molar-refractivity contribution is 0.616. The fraction of sp³-hybridized carbons (Fsp3) is 0.143. The van der Waals surface area contributed by atoms with Crippen molar-refractivity contribution in [2.24, 2.45) is 0 Å². The van der Waals surface area contributed by atoms with Crippen LogP contribution in [0.1, 0.15) is 17.2 Å². The molecule has 100 valence electrons. The van der Waals surface area contributed by atoms with Gasteiger partial charge >= 0.3 is 0 Å². The zero-order chi connectivity index (χ0) is 14.0. The first-order chi connectivity index (χ1) is 9.04. The zero-order valence-corrected chi connectivity index (χ0v) is 14.0. The van der Waals surface area contributed by atoms with Gasteiger partial charge in [-0.15, -0.1) is 0 Å². The van der Waals surface area contributed by atoms with Crippen molar-refractivity contribution in [3.05, 3.63) is 67.3 Å². The van der Waals surface area contributed by atoms with E-state index >= 15 is 0 Å². The van der Waals surface area contributed by atoms with Gasteiger partial charge < -0.3 is 5.32 Å². The first-order valence-corrected chi connectivity index (χ1v) is 7.57. The first-order valence-electron chi connectivity index (χ1n) is 5.60. The van der Waals surface area contributed by atoms with Crippen molar-refractivity contribution in [3.63, 3.8) is 0 Å². The summed E-state index contributed by atoms with van der Waals surface area (Å²) in [4.78, 5) is 0. The Morgan fingerprint density at radius 3 is 2.53 bits per heavy atom. The number of nitrogens with one attached hydrogen (secondary N) is 1. The molecule has 2 rings (SSSR count). The van der Waals surface area contributed by atoms with Crippen molar-refractivity contribution in [3.8, 4) is 0 Å². The van der Waals surface area contributed by atoms with E-state index in [1.165, 1.54) is 6.07 Å². The topological polar surface area (TPSA) is 12.0 Å². The third kappa shape index (κ3) is 3.19. The fourth-order valence-corrected chi connectivity index (χ4v) is 2.95. The van der Waals surface area contributed by atoms with Crippen LogP contribution in [-0.4, -0.2) is 7.05 Å². The van der Waals surface area contributed by atoms with Crippen LogP contribution in [0, 0.1) is 5.82 Å². The van der Waals surface area contributed by atoms with E-state index in [2.05, 4.69) is 37.2 Å². The Bertz CT molecular complexity index is 604. The molecule has 1 atom stereocenters. The van der Waals surface area contributed by atoms with Gasteiger partial charge in [0.25, 0.3) is 0 Å². The monoisotopic (exact) mass is 405 g/mol. The minimum absolute atomic E-state index is 0.0955. The molecule has 0 saturated carbocycles. The highest BCUT2D eigenvalue weighted by Crippen LogP contribution is 2.34. The lowest BCUT2D eigenvalue weighted by Crippen LogP contribution is -2.18. The summed E-state index contributed by atoms with van der Waals surface area (Å²) in [6.07, 6.45) is 0. The highest BCUT2D eigenvalue weighted by Gasteiger charge is 2.17. The van der Waals surface area contributed by atoms with Crippen LogP contribution in [0.3, 0.4) is 0 Å². The van der Waals surface area contributed by atoms with E-state index in [4.69, 9.17) is 11.6 Å². The number of rotatable bonds is 3. The van der Waals surface area contributed by atoms with Gasteiger partial charge in [-0.1, -0.05) is 29.8 Å². The van der Waals surface area contributed by atoms with Crippen molar-refractivity contribution in [2.75, 3.05) is 7.05 Å². The molecular weight excluding hydrogens is 396 g/mol. The normalized spacial score (nSPS) is 12.5. The van der Waals surface area contributed by atoms with Gasteiger partial charge in [-0.3, -0.25) is 0 Å². The maximum absolute atomic E-state index is 13.3. The highest BCUT2D eigenvalue weighted by molar-refractivity contribution is 9.10. The number of hydrogen-bond acceptors (Lipinski definition) is 1. The summed E-state index contributed by atoms with van der Waals surface area (Å²) in [7, 11) is 1.85. The third-order valence-electron chi connectivity index (χ3n) is 2.86. The van der Waals surface area contributed by atoms with Gasteiger partial charge in [-0.05, 0) is 68.2 Å². The zero-order valence-electron chi connectivity index (χ0n) is 10.1. The van der Waals surface area contributed by atoms with Gasteiger partial charge in [0, 0.05) is 4.47 Å². The molecule has 2 aromatic rings. The maximum atomic E-state index is 13.3. The van der Waals surface area contributed by atoms with Crippen molar-refractivity contribution in [1.29, 1.82) is 0 Å². The van der Waals surface area contributed by atoms with Crippen LogP contribution in [-0.2, 0) is 0 Å². The summed E-state index contributed by atoms with van der Waals surface area (Å²) >= 11 is 12.9. The van der Waals surface area contributed by atoms with E-state index in [0.717, 1.165) is 15.6 Å². The predicted octanol–water partition coefficient (Wildman–Crippen LogP) is 5.31. The lowest BCUT2D eigenvalue weighted by Gasteiger charge is -2.19. The van der Waals surface area contributed by atoms with Crippen molar-refractivity contribution >= 4 is 43.5 Å². The average Bonchev–Trinajstić information content (AvgIpc) is 2.39. The van der Waals surface area contributed by atoms with Crippen LogP contribution in [0.5, 0.6) is 0 Å². The van der Waals surface area contributed by atoms with E-state index in [1.807, 2.05) is 25.2 Å². The van der Waals surface area contributed by atoms with E-state index in [0.29, 0.717) is 9.50 Å². The minimum Gasteiger partial charge on any atom is -0.309 e. The number of hydrogen-bond donors (Lipinski definition) is 1. The van der Waals surface area contributed by atoms with Crippen LogP contribution >= 0.6 is 43.5 Å². The molecule has 2 aromatic carbocycles. The summed E-state index contributed by atoms with van der Waals surface area (Å²) in [6.45, 7) is 0. The largest absolute Gasteiger partial charge is 0.309 e. The van der Waals surface area contributed by atoms with E-state index in [9.17, 15) is 4.39 Å². The van der Waals surface area contributed by atoms with Gasteiger partial charge in [0.1, 0.15) is 5.82 Å². The van der Waals surface area contributed by atoms with Gasteiger partial charge in [-0.2, -0.15) is 0 Å². The van der Waals surface area contributed by atoms with E-state index in [1.54, 1.807) is 12.1 Å². The second-order valence-corrected chi connectivity index (χ2v) is 6.12. The molecule has 0 heterocycles. The fourth-order valence-electron chi connectivity index (χ4n) is 1.94. The number of halogens is 4. The Balaban J connectivity index is 2.50. The molecular formula is C14H11Br2ClFN. The van der Waals surface area contributed by atoms with E-state index in [-0.39, 0.29) is 11.9 Å². The van der Waals surface area contributed by atoms with Gasteiger partial charge in [0.2, 0.25) is 0 Å². The van der Waals surface area contributed by atoms with Gasteiger partial charge in [0.15, 0.2) is 0 Å². The second-order valence-electron chi connectivity index (χ2n) is 4.04. The molecule has 0 aliphatic rings. The summed E-state index contributed by atoms with van der Waals surface area (Å²) in [5, 5.41) is 3.86. The molecule has 0 bridgehead atoms. The summed E-state index contributed by atoms with van der Waals surface area (Å²) in [5.74, 6) is -0.279. The molecule has 1 unspecified atom stereocenters. The summed E-state index contributed by atoms with van der Waals surface area (Å²) in [6, 6.07) is 10.6. The predicted molar refractivity (Wildman–Crippen MR) is 84.2 cm³/mol. The van der Waals surface area contributed by atoms with E-state index < -0.39 is 0 Å². The Morgan fingerprint density at radius 1 is 1.16 bits per heavy atom. The smallest absolute Gasteiger partial charge is 0.137 e. The third-order valence-corrected chi connectivity index (χ3v) is 4.78. The molecule has 0 amide bonds. The van der Waals surface area contributed by atoms with Gasteiger partial charge in [-0.25, -0.2) is 4.39 Å². The molecule has 19 heavy (non-hydrogen) atoms. The van der Waals surface area contributed by atoms with Crippen LogP contribution in [0.2, 0.25) is 5.02 Å². The van der Waals surface area contributed by atoms with Crippen molar-refractivity contribution < 1.29 is 4.39 Å². The molecule has 0 aromatic heterocycles. The molecule has 0 aliphatic heterocycles. The molecule has 0 fully saturated rings. The van der Waals surface area contributed by atoms with Crippen LogP contribution in [0.15, 0.2) is 45.3 Å². The Hall–Kier alpha value is -0.420. The maximum Gasteiger partial charge on any atom is 0.137 e. The average molecular weight is 408 g/mol. The highest BCUT2D eigenvalue weighted by atomic mass is 79.9. The Labute approximate surface area is 133 Å². The Morgan fingerprint density at radius 2 is 1.89 bits per heavy atom. The van der Waals surface area contributed by atoms with Gasteiger partial charge in [0.05, 0.1) is 15.5 Å². The lowest BCUT2D eigenvalue weighted by atomic mass is 9.99. The molecule has 1 nitrogen and oxygen atoms in total. The molecule has 1 N–H and O–H groups in total. The minimum atomic E-state index is -0.279. The first kappa shape index (κ1) is 15.0. The van der Waals surface area contributed by atoms with Crippen LogP contribution < -0.4 is 5.32 Å². The molecule has 0 saturated heterocycles. The van der Waals surface area contributed by atoms with Crippen LogP contribution in [0.25, 0.3) is 0 Å². The summed E-state index contributed by atoms with van der Waals surface area (Å²) < 4.78 is 14.6.